The van der Waals surface area contributed by atoms with Gasteiger partial charge >= 0.3 is 0 Å². The number of nitrogens with zero attached hydrogens (tertiary/aromatic N) is 1. The van der Waals surface area contributed by atoms with Crippen molar-refractivity contribution in [2.45, 2.75) is 161 Å². The monoisotopic (exact) mass is 630 g/mol. The lowest BCUT2D eigenvalue weighted by atomic mass is 9.45. The molecule has 3 N–H and O–H groups in total. The van der Waals surface area contributed by atoms with Crippen molar-refractivity contribution in [3.05, 3.63) is 11.6 Å². The quantitative estimate of drug-likeness (QED) is 0.108. The molecule has 4 rings (SSSR count). The number of amides is 1. The van der Waals surface area contributed by atoms with E-state index in [2.05, 4.69) is 40.1 Å². The third-order valence-corrected chi connectivity index (χ3v) is 13.5. The number of rotatable bonds is 18. The van der Waals surface area contributed by atoms with Gasteiger partial charge in [0.25, 0.3) is 5.91 Å². The van der Waals surface area contributed by atoms with Gasteiger partial charge in [0, 0.05) is 11.8 Å². The average molecular weight is 630 g/mol. The standard InChI is InChI=1S/C39H68N2O4/c1-6-8-10-12-14-16-25-41(5,26-17-15-13-11-9-7-2)27-24-40-36(44)39(45)23-21-33-32-19-18-30-28-31(42)20-22-37(30,3)35(32)34(43)29-38(33,39)4/h28,32-35,43,45H,6-27,29H2,1-5H3/p+1/t32-,33-,34-,35+,37-,38-,39-/m0/s1. The van der Waals surface area contributed by atoms with Gasteiger partial charge in [0.05, 0.1) is 39.3 Å². The third kappa shape index (κ3) is 7.91. The molecule has 0 bridgehead atoms. The molecule has 3 fully saturated rings. The van der Waals surface area contributed by atoms with Gasteiger partial charge in [-0.25, -0.2) is 0 Å². The Morgan fingerprint density at radius 2 is 1.49 bits per heavy atom. The van der Waals surface area contributed by atoms with Crippen LogP contribution in [0.4, 0.5) is 0 Å². The molecule has 0 unspecified atom stereocenters. The molecule has 0 aromatic rings. The number of hydrogen-bond acceptors (Lipinski definition) is 4. The molecule has 0 saturated heterocycles. The molecule has 7 atom stereocenters. The predicted molar refractivity (Wildman–Crippen MR) is 184 cm³/mol. The summed E-state index contributed by atoms with van der Waals surface area (Å²) in [7, 11) is 2.37. The molecule has 4 aliphatic rings. The number of allylic oxidation sites excluding steroid dienone is 1. The second-order valence-electron chi connectivity index (χ2n) is 16.6. The maximum atomic E-state index is 13.9. The van der Waals surface area contributed by atoms with Crippen LogP contribution in [0.1, 0.15) is 150 Å². The SMILES string of the molecule is CCCCCCCC[N+](C)(CCCCCCCC)CCNC(=O)[C@@]1(O)CC[C@H]2[C@@H]3CCC4=CC(=O)CC[C@]4(C)[C@H]3[C@@H](O)C[C@@]21C. The Balaban J connectivity index is 1.37. The Kier molecular flexibility index (Phi) is 12.8. The minimum Gasteiger partial charge on any atom is -0.393 e. The van der Waals surface area contributed by atoms with Gasteiger partial charge in [-0.3, -0.25) is 9.59 Å². The third-order valence-electron chi connectivity index (χ3n) is 13.5. The molecule has 6 nitrogen and oxygen atoms in total. The molecule has 0 aromatic heterocycles. The number of aliphatic hydroxyl groups is 2. The summed E-state index contributed by atoms with van der Waals surface area (Å²) < 4.78 is 0.986. The summed E-state index contributed by atoms with van der Waals surface area (Å²) in [6, 6.07) is 0. The van der Waals surface area contributed by atoms with E-state index in [1.54, 1.807) is 0 Å². The fourth-order valence-corrected chi connectivity index (χ4v) is 10.5. The molecule has 4 aliphatic carbocycles. The van der Waals surface area contributed by atoms with Crippen molar-refractivity contribution in [1.29, 1.82) is 0 Å². The zero-order valence-corrected chi connectivity index (χ0v) is 29.8. The first-order chi connectivity index (χ1) is 21.4. The predicted octanol–water partition coefficient (Wildman–Crippen LogP) is 7.50. The second-order valence-corrected chi connectivity index (χ2v) is 16.6. The largest absolute Gasteiger partial charge is 0.393 e. The smallest absolute Gasteiger partial charge is 0.252 e. The first-order valence-corrected chi connectivity index (χ1v) is 19.2. The van der Waals surface area contributed by atoms with Gasteiger partial charge in [0.1, 0.15) is 5.60 Å². The number of carbonyl (C=O) groups is 2. The van der Waals surface area contributed by atoms with Crippen LogP contribution in [0.5, 0.6) is 0 Å². The number of fused-ring (bicyclic) bond motifs is 5. The van der Waals surface area contributed by atoms with E-state index in [9.17, 15) is 19.8 Å². The highest BCUT2D eigenvalue weighted by Crippen LogP contribution is 2.67. The van der Waals surface area contributed by atoms with Crippen molar-refractivity contribution in [2.75, 3.05) is 33.2 Å². The second kappa shape index (κ2) is 15.8. The minimum absolute atomic E-state index is 0.0936. The molecule has 6 heteroatoms. The highest BCUT2D eigenvalue weighted by Gasteiger charge is 2.68. The van der Waals surface area contributed by atoms with E-state index >= 15 is 0 Å². The summed E-state index contributed by atoms with van der Waals surface area (Å²) in [6.45, 7) is 12.6. The zero-order chi connectivity index (χ0) is 32.7. The number of quaternary nitrogens is 1. The van der Waals surface area contributed by atoms with Crippen LogP contribution in [0.15, 0.2) is 11.6 Å². The highest BCUT2D eigenvalue weighted by molar-refractivity contribution is 5.91. The summed E-state index contributed by atoms with van der Waals surface area (Å²) in [5, 5.41) is 27.1. The van der Waals surface area contributed by atoms with E-state index in [4.69, 9.17) is 0 Å². The number of unbranched alkanes of at least 4 members (excludes halogenated alkanes) is 10. The van der Waals surface area contributed by atoms with Crippen molar-refractivity contribution in [3.8, 4) is 0 Å². The van der Waals surface area contributed by atoms with Crippen molar-refractivity contribution >= 4 is 11.7 Å². The van der Waals surface area contributed by atoms with Crippen LogP contribution in [0.3, 0.4) is 0 Å². The number of nitrogens with one attached hydrogen (secondary N) is 1. The topological polar surface area (TPSA) is 86.6 Å². The van der Waals surface area contributed by atoms with E-state index in [1.165, 1.54) is 82.6 Å². The molecule has 1 amide bonds. The number of ketones is 1. The first-order valence-electron chi connectivity index (χ1n) is 19.2. The van der Waals surface area contributed by atoms with Crippen LogP contribution in [-0.4, -0.2) is 71.3 Å². The van der Waals surface area contributed by atoms with E-state index in [-0.39, 0.29) is 34.9 Å². The minimum atomic E-state index is -1.45. The summed E-state index contributed by atoms with van der Waals surface area (Å²) in [4.78, 5) is 26.2. The van der Waals surface area contributed by atoms with Crippen LogP contribution >= 0.6 is 0 Å². The lowest BCUT2D eigenvalue weighted by Crippen LogP contribution is -2.63. The molecule has 0 radical (unpaired) electrons. The maximum Gasteiger partial charge on any atom is 0.252 e. The molecule has 0 aliphatic heterocycles. The Labute approximate surface area is 275 Å². The molecule has 0 heterocycles. The molecule has 3 saturated carbocycles. The van der Waals surface area contributed by atoms with Crippen LogP contribution in [0.25, 0.3) is 0 Å². The number of hydrogen-bond donors (Lipinski definition) is 3. The molecule has 0 aromatic carbocycles. The van der Waals surface area contributed by atoms with Gasteiger partial charge < -0.3 is 20.0 Å². The summed E-state index contributed by atoms with van der Waals surface area (Å²) in [6.07, 6.45) is 21.8. The number of likely N-dealkylation sites (N-methyl/N-ethyl adjacent to an activating group) is 1. The van der Waals surface area contributed by atoms with Gasteiger partial charge in [-0.2, -0.15) is 0 Å². The molecule has 0 spiro atoms. The van der Waals surface area contributed by atoms with Crippen molar-refractivity contribution in [3.63, 3.8) is 0 Å². The van der Waals surface area contributed by atoms with Crippen molar-refractivity contribution in [2.24, 2.45) is 28.6 Å². The van der Waals surface area contributed by atoms with E-state index in [1.807, 2.05) is 6.08 Å². The molecular formula is C39H69N2O4+. The van der Waals surface area contributed by atoms with Gasteiger partial charge in [-0.05, 0) is 93.5 Å². The average Bonchev–Trinajstić information content (AvgIpc) is 3.27. The van der Waals surface area contributed by atoms with Crippen LogP contribution in [0, 0.1) is 28.6 Å². The fraction of sp³-hybridized carbons (Fsp3) is 0.897. The highest BCUT2D eigenvalue weighted by atomic mass is 16.3. The molecular weight excluding hydrogens is 560 g/mol. The maximum absolute atomic E-state index is 13.9. The normalized spacial score (nSPS) is 34.6. The lowest BCUT2D eigenvalue weighted by Gasteiger charge is -2.60. The van der Waals surface area contributed by atoms with Crippen LogP contribution in [0.2, 0.25) is 0 Å². The van der Waals surface area contributed by atoms with Gasteiger partial charge in [-0.1, -0.05) is 84.6 Å². The Bertz CT molecular complexity index is 1010. The van der Waals surface area contributed by atoms with Gasteiger partial charge in [-0.15, -0.1) is 0 Å². The Hall–Kier alpha value is -1.24. The zero-order valence-electron chi connectivity index (χ0n) is 29.8. The fourth-order valence-electron chi connectivity index (χ4n) is 10.5. The Morgan fingerprint density at radius 3 is 2.11 bits per heavy atom. The van der Waals surface area contributed by atoms with Crippen molar-refractivity contribution in [1.82, 2.24) is 5.32 Å². The first kappa shape index (κ1) is 36.6. The van der Waals surface area contributed by atoms with Crippen LogP contribution in [-0.2, 0) is 9.59 Å². The van der Waals surface area contributed by atoms with Crippen molar-refractivity contribution < 1.29 is 24.3 Å². The number of aliphatic hydroxyl groups excluding tert-OH is 1. The van der Waals surface area contributed by atoms with Gasteiger partial charge in [0.2, 0.25) is 0 Å². The molecule has 258 valence electrons. The number of carbonyl (C=O) groups excluding carboxylic acids is 2. The van der Waals surface area contributed by atoms with Crippen LogP contribution < -0.4 is 5.32 Å². The summed E-state index contributed by atoms with van der Waals surface area (Å²) >= 11 is 0. The van der Waals surface area contributed by atoms with E-state index in [0.717, 1.165) is 49.8 Å². The Morgan fingerprint density at radius 1 is 0.889 bits per heavy atom. The lowest BCUT2D eigenvalue weighted by molar-refractivity contribution is -0.908. The van der Waals surface area contributed by atoms with Gasteiger partial charge in [0.15, 0.2) is 5.78 Å². The van der Waals surface area contributed by atoms with E-state index in [0.29, 0.717) is 25.8 Å². The summed E-state index contributed by atoms with van der Waals surface area (Å²) in [5.74, 6) is 0.562. The summed E-state index contributed by atoms with van der Waals surface area (Å²) in [5.41, 5.74) is -1.04. The van der Waals surface area contributed by atoms with E-state index < -0.39 is 17.1 Å². The molecule has 45 heavy (non-hydrogen) atoms.